The van der Waals surface area contributed by atoms with Crippen molar-refractivity contribution < 1.29 is 13.2 Å². The second-order valence-electron chi connectivity index (χ2n) is 5.56. The van der Waals surface area contributed by atoms with Crippen LogP contribution in [0, 0.1) is 5.92 Å². The van der Waals surface area contributed by atoms with Gasteiger partial charge in [-0.2, -0.15) is 0 Å². The summed E-state index contributed by atoms with van der Waals surface area (Å²) in [5.74, 6) is 0.234. The Morgan fingerprint density at radius 1 is 1.32 bits per heavy atom. The highest BCUT2D eigenvalue weighted by Gasteiger charge is 2.30. The largest absolute Gasteiger partial charge is 0.341 e. The van der Waals surface area contributed by atoms with Crippen molar-refractivity contribution in [2.45, 2.75) is 31.7 Å². The molecule has 2 heterocycles. The predicted molar refractivity (Wildman–Crippen MR) is 73.2 cm³/mol. The first-order valence-electron chi connectivity index (χ1n) is 6.92. The van der Waals surface area contributed by atoms with Crippen LogP contribution in [-0.2, 0) is 14.8 Å². The maximum atomic E-state index is 12.4. The van der Waals surface area contributed by atoms with Gasteiger partial charge in [-0.3, -0.25) is 4.79 Å². The van der Waals surface area contributed by atoms with Crippen molar-refractivity contribution in [3.8, 4) is 0 Å². The maximum absolute atomic E-state index is 12.4. The number of hydrogen-bond acceptors (Lipinski definition) is 4. The molecular weight excluding hydrogens is 266 g/mol. The fraction of sp³-hybridized carbons (Fsp3) is 0.917. The van der Waals surface area contributed by atoms with Gasteiger partial charge in [0, 0.05) is 25.7 Å². The zero-order valence-corrected chi connectivity index (χ0v) is 12.2. The summed E-state index contributed by atoms with van der Waals surface area (Å²) in [6.07, 6.45) is 4.80. The second kappa shape index (κ2) is 6.19. The van der Waals surface area contributed by atoms with E-state index >= 15 is 0 Å². The summed E-state index contributed by atoms with van der Waals surface area (Å²) >= 11 is 0. The van der Waals surface area contributed by atoms with Crippen molar-refractivity contribution in [2.75, 3.05) is 32.4 Å². The number of carbonyl (C=O) groups excluding carboxylic acids is 1. The Balaban J connectivity index is 1.91. The van der Waals surface area contributed by atoms with E-state index in [1.54, 1.807) is 0 Å². The van der Waals surface area contributed by atoms with E-state index in [0.29, 0.717) is 6.54 Å². The van der Waals surface area contributed by atoms with Gasteiger partial charge in [-0.25, -0.2) is 13.1 Å². The topological polar surface area (TPSA) is 78.5 Å². The second-order valence-corrected chi connectivity index (χ2v) is 7.34. The molecule has 2 rings (SSSR count). The van der Waals surface area contributed by atoms with E-state index in [4.69, 9.17) is 0 Å². The Labute approximate surface area is 115 Å². The van der Waals surface area contributed by atoms with Gasteiger partial charge in [0.05, 0.1) is 12.2 Å². The lowest BCUT2D eigenvalue weighted by molar-refractivity contribution is -0.137. The van der Waals surface area contributed by atoms with Crippen LogP contribution in [-0.4, -0.2) is 57.7 Å². The molecule has 0 spiro atoms. The monoisotopic (exact) mass is 289 g/mol. The fourth-order valence-electron chi connectivity index (χ4n) is 2.90. The van der Waals surface area contributed by atoms with Crippen LogP contribution in [0.1, 0.15) is 25.7 Å². The minimum atomic E-state index is -3.20. The van der Waals surface area contributed by atoms with Gasteiger partial charge in [-0.1, -0.05) is 0 Å². The number of rotatable bonds is 3. The summed E-state index contributed by atoms with van der Waals surface area (Å²) in [5.41, 5.74) is 0. The Morgan fingerprint density at radius 2 is 2.11 bits per heavy atom. The quantitative estimate of drug-likeness (QED) is 0.736. The molecule has 2 aliphatic rings. The van der Waals surface area contributed by atoms with Gasteiger partial charge in [0.2, 0.25) is 15.9 Å². The first kappa shape index (κ1) is 14.7. The molecule has 0 aromatic carbocycles. The third-order valence-electron chi connectivity index (χ3n) is 3.76. The van der Waals surface area contributed by atoms with E-state index in [-0.39, 0.29) is 17.9 Å². The van der Waals surface area contributed by atoms with E-state index in [9.17, 15) is 13.2 Å². The molecule has 110 valence electrons. The third kappa shape index (κ3) is 4.43. The van der Waals surface area contributed by atoms with Crippen LogP contribution < -0.4 is 10.0 Å². The molecule has 6 nitrogen and oxygen atoms in total. The Morgan fingerprint density at radius 3 is 2.74 bits per heavy atom. The summed E-state index contributed by atoms with van der Waals surface area (Å²) in [6.45, 7) is 2.99. The summed E-state index contributed by atoms with van der Waals surface area (Å²) in [6, 6.07) is -0.135. The highest BCUT2D eigenvalue weighted by atomic mass is 32.2. The molecule has 0 bridgehead atoms. The predicted octanol–water partition coefficient (Wildman–Crippen LogP) is -0.474. The normalized spacial score (nSPS) is 29.2. The van der Waals surface area contributed by atoms with Gasteiger partial charge in [0.25, 0.3) is 0 Å². The number of amides is 1. The number of sulfonamides is 1. The van der Waals surface area contributed by atoms with Crippen LogP contribution in [0.4, 0.5) is 0 Å². The van der Waals surface area contributed by atoms with Crippen LogP contribution in [0.5, 0.6) is 0 Å². The van der Waals surface area contributed by atoms with Gasteiger partial charge < -0.3 is 10.2 Å². The third-order valence-corrected chi connectivity index (χ3v) is 4.52. The first-order valence-corrected chi connectivity index (χ1v) is 8.81. The minimum Gasteiger partial charge on any atom is -0.341 e. The number of nitrogens with one attached hydrogen (secondary N) is 2. The van der Waals surface area contributed by atoms with Crippen molar-refractivity contribution in [1.82, 2.24) is 14.9 Å². The van der Waals surface area contributed by atoms with E-state index < -0.39 is 10.0 Å². The average molecular weight is 289 g/mol. The molecule has 1 amide bonds. The average Bonchev–Trinajstić information content (AvgIpc) is 2.37. The number of likely N-dealkylation sites (tertiary alicyclic amines) is 1. The lowest BCUT2D eigenvalue weighted by Gasteiger charge is -2.36. The standard InChI is InChI=1S/C12H23N3O3S/c1-19(17,18)14-11-5-3-7-15(9-11)12(16)10-4-2-6-13-8-10/h10-11,13-14H,2-9H2,1H3/t10-,11?/m0/s1. The van der Waals surface area contributed by atoms with Crippen molar-refractivity contribution in [3.63, 3.8) is 0 Å². The van der Waals surface area contributed by atoms with Gasteiger partial charge in [-0.15, -0.1) is 0 Å². The lowest BCUT2D eigenvalue weighted by atomic mass is 9.96. The molecule has 19 heavy (non-hydrogen) atoms. The fourth-order valence-corrected chi connectivity index (χ4v) is 3.69. The SMILES string of the molecule is CS(=O)(=O)NC1CCCN(C(=O)[C@H]2CCCNC2)C1. The molecule has 2 fully saturated rings. The van der Waals surface area contributed by atoms with E-state index in [0.717, 1.165) is 45.3 Å². The zero-order chi connectivity index (χ0) is 13.9. The van der Waals surface area contributed by atoms with Gasteiger partial charge in [-0.05, 0) is 32.2 Å². The van der Waals surface area contributed by atoms with Gasteiger partial charge in [0.15, 0.2) is 0 Å². The summed E-state index contributed by atoms with van der Waals surface area (Å²) < 4.78 is 25.1. The van der Waals surface area contributed by atoms with Crippen LogP contribution in [0.15, 0.2) is 0 Å². The van der Waals surface area contributed by atoms with Crippen molar-refractivity contribution in [2.24, 2.45) is 5.92 Å². The van der Waals surface area contributed by atoms with E-state index in [1.807, 2.05) is 4.90 Å². The molecule has 2 aliphatic heterocycles. The van der Waals surface area contributed by atoms with E-state index in [2.05, 4.69) is 10.0 Å². The molecule has 0 aromatic heterocycles. The van der Waals surface area contributed by atoms with Gasteiger partial charge in [0.1, 0.15) is 0 Å². The number of piperidine rings is 2. The van der Waals surface area contributed by atoms with Crippen molar-refractivity contribution in [3.05, 3.63) is 0 Å². The number of nitrogens with zero attached hydrogens (tertiary/aromatic N) is 1. The summed E-state index contributed by atoms with van der Waals surface area (Å²) in [4.78, 5) is 14.2. The highest BCUT2D eigenvalue weighted by molar-refractivity contribution is 7.88. The molecular formula is C12H23N3O3S. The lowest BCUT2D eigenvalue weighted by Crippen LogP contribution is -2.52. The molecule has 0 aromatic rings. The van der Waals surface area contributed by atoms with Crippen LogP contribution in [0.25, 0.3) is 0 Å². The van der Waals surface area contributed by atoms with Crippen molar-refractivity contribution >= 4 is 15.9 Å². The molecule has 7 heteroatoms. The van der Waals surface area contributed by atoms with Crippen molar-refractivity contribution in [1.29, 1.82) is 0 Å². The van der Waals surface area contributed by atoms with Crippen LogP contribution in [0.2, 0.25) is 0 Å². The maximum Gasteiger partial charge on any atom is 0.227 e. The smallest absolute Gasteiger partial charge is 0.227 e. The van der Waals surface area contributed by atoms with E-state index in [1.165, 1.54) is 6.26 Å². The van der Waals surface area contributed by atoms with Crippen LogP contribution in [0.3, 0.4) is 0 Å². The molecule has 2 atom stereocenters. The molecule has 2 saturated heterocycles. The molecule has 0 radical (unpaired) electrons. The molecule has 0 saturated carbocycles. The Hall–Kier alpha value is -0.660. The number of carbonyl (C=O) groups is 1. The Kier molecular flexibility index (Phi) is 4.81. The summed E-state index contributed by atoms with van der Waals surface area (Å²) in [5, 5.41) is 3.25. The highest BCUT2D eigenvalue weighted by Crippen LogP contribution is 2.18. The minimum absolute atomic E-state index is 0.0609. The van der Waals surface area contributed by atoms with Gasteiger partial charge >= 0.3 is 0 Å². The molecule has 2 N–H and O–H groups in total. The molecule has 0 aliphatic carbocycles. The summed E-state index contributed by atoms with van der Waals surface area (Å²) in [7, 11) is -3.20. The first-order chi connectivity index (χ1) is 8.96. The Bertz CT molecular complexity index is 418. The number of hydrogen-bond donors (Lipinski definition) is 2. The molecule has 1 unspecified atom stereocenters. The van der Waals surface area contributed by atoms with Crippen LogP contribution >= 0.6 is 0 Å². The zero-order valence-electron chi connectivity index (χ0n) is 11.4.